The first-order chi connectivity index (χ1) is 13.4. The third-order valence-corrected chi connectivity index (χ3v) is 6.29. The average Bonchev–Trinajstić information content (AvgIpc) is 3.21. The number of anilines is 1. The van der Waals surface area contributed by atoms with Crippen molar-refractivity contribution >= 4 is 38.3 Å². The molecule has 1 aliphatic rings. The van der Waals surface area contributed by atoms with Crippen molar-refractivity contribution in [2.24, 2.45) is 0 Å². The van der Waals surface area contributed by atoms with Crippen molar-refractivity contribution in [3.05, 3.63) is 59.1 Å². The summed E-state index contributed by atoms with van der Waals surface area (Å²) in [6, 6.07) is 10.0. The summed E-state index contributed by atoms with van der Waals surface area (Å²) < 4.78 is 40.4. The van der Waals surface area contributed by atoms with E-state index in [9.17, 15) is 12.8 Å². The lowest BCUT2D eigenvalue weighted by Gasteiger charge is -2.19. The molecule has 6 nitrogen and oxygen atoms in total. The topological polar surface area (TPSA) is 75.2 Å². The number of aromatic nitrogens is 2. The quantitative estimate of drug-likeness (QED) is 0.683. The highest BCUT2D eigenvalue weighted by Gasteiger charge is 2.20. The Kier molecular flexibility index (Phi) is 5.18. The molecule has 0 radical (unpaired) electrons. The van der Waals surface area contributed by atoms with Gasteiger partial charge in [-0.05, 0) is 55.3 Å². The third-order valence-electron chi connectivity index (χ3n) is 4.63. The molecule has 146 valence electrons. The fraction of sp³-hybridized carbons (Fsp3) is 0.263. The maximum Gasteiger partial charge on any atom is 0.240 e. The molecule has 0 bridgehead atoms. The third kappa shape index (κ3) is 3.94. The van der Waals surface area contributed by atoms with Crippen molar-refractivity contribution in [3.63, 3.8) is 0 Å². The van der Waals surface area contributed by atoms with Crippen LogP contribution < -0.4 is 9.62 Å². The van der Waals surface area contributed by atoms with E-state index in [1.807, 2.05) is 6.07 Å². The van der Waals surface area contributed by atoms with Gasteiger partial charge in [-0.25, -0.2) is 27.5 Å². The van der Waals surface area contributed by atoms with Gasteiger partial charge in [0.05, 0.1) is 17.0 Å². The number of halogens is 2. The molecule has 0 spiro atoms. The van der Waals surface area contributed by atoms with Gasteiger partial charge in [0.1, 0.15) is 17.5 Å². The van der Waals surface area contributed by atoms with Gasteiger partial charge in [0.15, 0.2) is 0 Å². The number of rotatable bonds is 5. The van der Waals surface area contributed by atoms with Crippen LogP contribution in [0.2, 0.25) is 5.02 Å². The van der Waals surface area contributed by atoms with E-state index in [0.717, 1.165) is 49.3 Å². The minimum absolute atomic E-state index is 0.0127. The second-order valence-corrected chi connectivity index (χ2v) is 8.80. The van der Waals surface area contributed by atoms with Gasteiger partial charge in [0.2, 0.25) is 10.0 Å². The first-order valence-electron chi connectivity index (χ1n) is 8.89. The lowest BCUT2D eigenvalue weighted by atomic mass is 10.2. The monoisotopic (exact) mass is 420 g/mol. The highest BCUT2D eigenvalue weighted by molar-refractivity contribution is 7.89. The van der Waals surface area contributed by atoms with Gasteiger partial charge in [-0.3, -0.25) is 0 Å². The minimum atomic E-state index is -3.80. The standard InChI is InChI=1S/C19H18ClFN4O2S/c20-13-3-8-17-16(11-13)19(25-9-1-2-10-25)24-18(23-17)12-22-28(26,27)15-6-4-14(21)5-7-15/h3-8,11,22H,1-2,9-10,12H2. The Hall–Kier alpha value is -2.29. The fourth-order valence-corrected chi connectivity index (χ4v) is 4.39. The summed E-state index contributed by atoms with van der Waals surface area (Å²) in [6.07, 6.45) is 2.16. The van der Waals surface area contributed by atoms with Crippen molar-refractivity contribution in [2.45, 2.75) is 24.3 Å². The summed E-state index contributed by atoms with van der Waals surface area (Å²) in [6.45, 7) is 1.71. The molecule has 4 rings (SSSR count). The first kappa shape index (κ1) is 19.0. The highest BCUT2D eigenvalue weighted by Crippen LogP contribution is 2.29. The minimum Gasteiger partial charge on any atom is -0.356 e. The molecule has 0 amide bonds. The number of hydrogen-bond acceptors (Lipinski definition) is 5. The Morgan fingerprint density at radius 3 is 2.50 bits per heavy atom. The van der Waals surface area contributed by atoms with Crippen molar-refractivity contribution in [1.29, 1.82) is 0 Å². The normalized spacial score (nSPS) is 14.7. The first-order valence-corrected chi connectivity index (χ1v) is 10.7. The van der Waals surface area contributed by atoms with Gasteiger partial charge in [-0.1, -0.05) is 11.6 Å². The van der Waals surface area contributed by atoms with Crippen LogP contribution in [0, 0.1) is 5.82 Å². The fourth-order valence-electron chi connectivity index (χ4n) is 3.24. The predicted molar refractivity (Wildman–Crippen MR) is 106 cm³/mol. The molecule has 1 fully saturated rings. The molecule has 2 aromatic carbocycles. The van der Waals surface area contributed by atoms with E-state index in [4.69, 9.17) is 11.6 Å². The molecule has 0 atom stereocenters. The van der Waals surface area contributed by atoms with Crippen LogP contribution in [0.25, 0.3) is 10.9 Å². The Balaban J connectivity index is 1.65. The molecule has 28 heavy (non-hydrogen) atoms. The molecular weight excluding hydrogens is 403 g/mol. The summed E-state index contributed by atoms with van der Waals surface area (Å²) >= 11 is 6.14. The predicted octanol–water partition coefficient (Wildman–Crippen LogP) is 3.50. The zero-order valence-electron chi connectivity index (χ0n) is 14.9. The molecule has 1 N–H and O–H groups in total. The molecular formula is C19H18ClFN4O2S. The van der Waals surface area contributed by atoms with E-state index in [-0.39, 0.29) is 11.4 Å². The number of hydrogen-bond donors (Lipinski definition) is 1. The summed E-state index contributed by atoms with van der Waals surface area (Å²) in [5.41, 5.74) is 0.706. The van der Waals surface area contributed by atoms with E-state index in [2.05, 4.69) is 19.6 Å². The SMILES string of the molecule is O=S(=O)(NCc1nc(N2CCCC2)c2cc(Cl)ccc2n1)c1ccc(F)cc1. The Morgan fingerprint density at radius 1 is 1.07 bits per heavy atom. The van der Waals surface area contributed by atoms with Gasteiger partial charge in [-0.2, -0.15) is 0 Å². The summed E-state index contributed by atoms with van der Waals surface area (Å²) in [5.74, 6) is 0.633. The number of fused-ring (bicyclic) bond motifs is 1. The van der Waals surface area contributed by atoms with Gasteiger partial charge in [-0.15, -0.1) is 0 Å². The summed E-state index contributed by atoms with van der Waals surface area (Å²) in [7, 11) is -3.80. The van der Waals surface area contributed by atoms with Crippen molar-refractivity contribution in [3.8, 4) is 0 Å². The number of sulfonamides is 1. The summed E-state index contributed by atoms with van der Waals surface area (Å²) in [4.78, 5) is 11.2. The Labute approximate surface area is 167 Å². The zero-order valence-corrected chi connectivity index (χ0v) is 16.5. The molecule has 0 aliphatic carbocycles. The maximum atomic E-state index is 13.0. The van der Waals surface area contributed by atoms with E-state index in [1.54, 1.807) is 12.1 Å². The number of benzene rings is 2. The molecule has 2 heterocycles. The van der Waals surface area contributed by atoms with Crippen LogP contribution in [0.5, 0.6) is 0 Å². The van der Waals surface area contributed by atoms with E-state index >= 15 is 0 Å². The van der Waals surface area contributed by atoms with Crippen LogP contribution in [0.3, 0.4) is 0 Å². The smallest absolute Gasteiger partial charge is 0.240 e. The molecule has 1 aromatic heterocycles. The van der Waals surface area contributed by atoms with Crippen LogP contribution in [0.4, 0.5) is 10.2 Å². The summed E-state index contributed by atoms with van der Waals surface area (Å²) in [5, 5.41) is 1.45. The second kappa shape index (κ2) is 7.62. The lowest BCUT2D eigenvalue weighted by molar-refractivity contribution is 0.578. The largest absolute Gasteiger partial charge is 0.356 e. The van der Waals surface area contributed by atoms with Crippen molar-refractivity contribution in [2.75, 3.05) is 18.0 Å². The average molecular weight is 421 g/mol. The van der Waals surface area contributed by atoms with Gasteiger partial charge in [0, 0.05) is 23.5 Å². The van der Waals surface area contributed by atoms with E-state index in [0.29, 0.717) is 16.4 Å². The van der Waals surface area contributed by atoms with Crippen LogP contribution in [0.15, 0.2) is 47.4 Å². The zero-order chi connectivity index (χ0) is 19.7. The lowest BCUT2D eigenvalue weighted by Crippen LogP contribution is -2.26. The van der Waals surface area contributed by atoms with E-state index < -0.39 is 15.8 Å². The van der Waals surface area contributed by atoms with Crippen LogP contribution in [-0.4, -0.2) is 31.5 Å². The number of nitrogens with zero attached hydrogens (tertiary/aromatic N) is 3. The van der Waals surface area contributed by atoms with E-state index in [1.165, 1.54) is 12.1 Å². The molecule has 1 saturated heterocycles. The van der Waals surface area contributed by atoms with Crippen LogP contribution in [0.1, 0.15) is 18.7 Å². The van der Waals surface area contributed by atoms with Crippen molar-refractivity contribution < 1.29 is 12.8 Å². The highest BCUT2D eigenvalue weighted by atomic mass is 35.5. The molecule has 1 aliphatic heterocycles. The molecule has 9 heteroatoms. The van der Waals surface area contributed by atoms with Gasteiger partial charge >= 0.3 is 0 Å². The van der Waals surface area contributed by atoms with Crippen LogP contribution >= 0.6 is 11.6 Å². The molecule has 0 unspecified atom stereocenters. The van der Waals surface area contributed by atoms with Gasteiger partial charge < -0.3 is 4.90 Å². The maximum absolute atomic E-state index is 13.0. The Morgan fingerprint density at radius 2 is 1.79 bits per heavy atom. The van der Waals surface area contributed by atoms with Gasteiger partial charge in [0.25, 0.3) is 0 Å². The molecule has 3 aromatic rings. The molecule has 0 saturated carbocycles. The van der Waals surface area contributed by atoms with Crippen LogP contribution in [-0.2, 0) is 16.6 Å². The second-order valence-electron chi connectivity index (χ2n) is 6.60. The van der Waals surface area contributed by atoms with Crippen molar-refractivity contribution in [1.82, 2.24) is 14.7 Å². The number of nitrogens with one attached hydrogen (secondary N) is 1. The Bertz CT molecular complexity index is 1120.